The monoisotopic (exact) mass is 501 g/mol. The summed E-state index contributed by atoms with van der Waals surface area (Å²) in [5.41, 5.74) is 0.836. The quantitative estimate of drug-likeness (QED) is 0.517. The Bertz CT molecular complexity index is 1160. The summed E-state index contributed by atoms with van der Waals surface area (Å²) in [7, 11) is -3.92. The molecular formula is C21H28ClN3O5S2. The first-order valence-corrected chi connectivity index (χ1v) is 13.6. The third kappa shape index (κ3) is 6.63. The zero-order chi connectivity index (χ0) is 23.3. The topological polar surface area (TPSA) is 98.0 Å². The van der Waals surface area contributed by atoms with Gasteiger partial charge in [-0.05, 0) is 43.9 Å². The van der Waals surface area contributed by atoms with Crippen molar-refractivity contribution in [3.63, 3.8) is 0 Å². The summed E-state index contributed by atoms with van der Waals surface area (Å²) < 4.78 is 33.1. The van der Waals surface area contributed by atoms with Crippen molar-refractivity contribution in [3.8, 4) is 0 Å². The second-order valence-electron chi connectivity index (χ2n) is 7.97. The van der Waals surface area contributed by atoms with Gasteiger partial charge < -0.3 is 14.2 Å². The van der Waals surface area contributed by atoms with Crippen molar-refractivity contribution in [1.29, 1.82) is 0 Å². The molecule has 32 heavy (non-hydrogen) atoms. The molecule has 3 rings (SSSR count). The van der Waals surface area contributed by atoms with Gasteiger partial charge in [0.25, 0.3) is 5.91 Å². The molecular weight excluding hydrogens is 474 g/mol. The molecule has 2 aromatic rings. The van der Waals surface area contributed by atoms with Gasteiger partial charge in [-0.1, -0.05) is 29.9 Å². The van der Waals surface area contributed by atoms with Crippen LogP contribution >= 0.6 is 22.9 Å². The Morgan fingerprint density at radius 3 is 2.81 bits per heavy atom. The Hall–Kier alpha value is -1.75. The highest BCUT2D eigenvalue weighted by molar-refractivity contribution is 7.92. The first kappa shape index (κ1) is 24.9. The summed E-state index contributed by atoms with van der Waals surface area (Å²) in [5.74, 6) is -2.38. The SMILES string of the molecule is CCOCCn1c(=NC(=O)CS(=O)(=O)CC(=O)N2CCCC(C)C2)sc2cc(Cl)ccc21. The number of aromatic nitrogens is 1. The van der Waals surface area contributed by atoms with Gasteiger partial charge in [-0.25, -0.2) is 8.42 Å². The van der Waals surface area contributed by atoms with Crippen LogP contribution in [0.1, 0.15) is 26.7 Å². The lowest BCUT2D eigenvalue weighted by Crippen LogP contribution is -2.42. The van der Waals surface area contributed by atoms with Crippen LogP contribution in [0.4, 0.5) is 0 Å². The van der Waals surface area contributed by atoms with Crippen LogP contribution in [0.5, 0.6) is 0 Å². The summed E-state index contributed by atoms with van der Waals surface area (Å²) in [6.45, 7) is 6.48. The third-order valence-corrected chi connectivity index (χ3v) is 7.87. The van der Waals surface area contributed by atoms with Gasteiger partial charge in [0.05, 0.1) is 16.8 Å². The molecule has 1 aromatic carbocycles. The zero-order valence-corrected chi connectivity index (χ0v) is 20.6. The van der Waals surface area contributed by atoms with E-state index >= 15 is 0 Å². The van der Waals surface area contributed by atoms with Crippen molar-refractivity contribution in [2.24, 2.45) is 10.9 Å². The van der Waals surface area contributed by atoms with E-state index in [2.05, 4.69) is 4.99 Å². The fraction of sp³-hybridized carbons (Fsp3) is 0.571. The van der Waals surface area contributed by atoms with E-state index in [1.54, 1.807) is 17.0 Å². The van der Waals surface area contributed by atoms with Crippen molar-refractivity contribution < 1.29 is 22.7 Å². The molecule has 0 radical (unpaired) electrons. The molecule has 1 atom stereocenters. The third-order valence-electron chi connectivity index (χ3n) is 5.22. The normalized spacial score (nSPS) is 17.8. The Balaban J connectivity index is 1.77. The molecule has 0 spiro atoms. The highest BCUT2D eigenvalue weighted by Crippen LogP contribution is 2.22. The van der Waals surface area contributed by atoms with E-state index in [9.17, 15) is 18.0 Å². The maximum atomic E-state index is 12.5. The van der Waals surface area contributed by atoms with Crippen LogP contribution in [0.2, 0.25) is 5.02 Å². The lowest BCUT2D eigenvalue weighted by atomic mass is 10.0. The lowest BCUT2D eigenvalue weighted by molar-refractivity contribution is -0.130. The van der Waals surface area contributed by atoms with Gasteiger partial charge in [0.2, 0.25) is 5.91 Å². The zero-order valence-electron chi connectivity index (χ0n) is 18.3. The van der Waals surface area contributed by atoms with Gasteiger partial charge in [0.15, 0.2) is 14.6 Å². The molecule has 2 heterocycles. The van der Waals surface area contributed by atoms with Crippen LogP contribution in [0.3, 0.4) is 0 Å². The minimum absolute atomic E-state index is 0.348. The molecule has 0 bridgehead atoms. The molecule has 0 aliphatic carbocycles. The predicted molar refractivity (Wildman–Crippen MR) is 126 cm³/mol. The number of likely N-dealkylation sites (tertiary alicyclic amines) is 1. The van der Waals surface area contributed by atoms with Crippen molar-refractivity contribution in [2.45, 2.75) is 33.2 Å². The minimum Gasteiger partial charge on any atom is -0.380 e. The molecule has 2 amide bonds. The molecule has 1 aliphatic rings. The Labute approximate surface area is 196 Å². The molecule has 0 saturated carbocycles. The van der Waals surface area contributed by atoms with Gasteiger partial charge in [0.1, 0.15) is 11.5 Å². The maximum absolute atomic E-state index is 12.5. The van der Waals surface area contributed by atoms with Crippen LogP contribution in [-0.4, -0.2) is 67.5 Å². The van der Waals surface area contributed by atoms with Gasteiger partial charge >= 0.3 is 0 Å². The summed E-state index contributed by atoms with van der Waals surface area (Å²) in [6.07, 6.45) is 1.89. The number of fused-ring (bicyclic) bond motifs is 1. The van der Waals surface area contributed by atoms with E-state index in [0.717, 1.165) is 23.1 Å². The number of hydrogen-bond acceptors (Lipinski definition) is 6. The Morgan fingerprint density at radius 2 is 2.09 bits per heavy atom. The molecule has 1 aromatic heterocycles. The van der Waals surface area contributed by atoms with Gasteiger partial charge in [-0.3, -0.25) is 9.59 Å². The highest BCUT2D eigenvalue weighted by Gasteiger charge is 2.27. The second kappa shape index (κ2) is 10.9. The molecule has 1 fully saturated rings. The molecule has 0 N–H and O–H groups in total. The summed E-state index contributed by atoms with van der Waals surface area (Å²) in [4.78, 5) is 31.0. The van der Waals surface area contributed by atoms with Crippen molar-refractivity contribution >= 4 is 54.8 Å². The van der Waals surface area contributed by atoms with Gasteiger partial charge in [-0.2, -0.15) is 4.99 Å². The highest BCUT2D eigenvalue weighted by atomic mass is 35.5. The first-order chi connectivity index (χ1) is 15.2. The average Bonchev–Trinajstić information content (AvgIpc) is 3.03. The number of halogens is 1. The number of amides is 2. The van der Waals surface area contributed by atoms with E-state index in [1.165, 1.54) is 11.3 Å². The van der Waals surface area contributed by atoms with Crippen molar-refractivity contribution in [1.82, 2.24) is 9.47 Å². The summed E-state index contributed by atoms with van der Waals surface area (Å²) >= 11 is 7.33. The van der Waals surface area contributed by atoms with Crippen molar-refractivity contribution in [3.05, 3.63) is 28.0 Å². The molecule has 1 aliphatic heterocycles. The van der Waals surface area contributed by atoms with E-state index in [0.29, 0.717) is 48.6 Å². The Morgan fingerprint density at radius 1 is 1.31 bits per heavy atom. The van der Waals surface area contributed by atoms with E-state index in [4.69, 9.17) is 16.3 Å². The van der Waals surface area contributed by atoms with Crippen LogP contribution in [0, 0.1) is 5.92 Å². The molecule has 8 nitrogen and oxygen atoms in total. The van der Waals surface area contributed by atoms with Gasteiger partial charge in [0, 0.05) is 31.3 Å². The minimum atomic E-state index is -3.92. The van der Waals surface area contributed by atoms with E-state index in [-0.39, 0.29) is 0 Å². The van der Waals surface area contributed by atoms with E-state index in [1.807, 2.05) is 24.5 Å². The number of carbonyl (C=O) groups excluding carboxylic acids is 2. The van der Waals surface area contributed by atoms with Crippen LogP contribution in [-0.2, 0) is 30.7 Å². The number of ether oxygens (including phenoxy) is 1. The first-order valence-electron chi connectivity index (χ1n) is 10.6. The number of benzene rings is 1. The number of piperidine rings is 1. The lowest BCUT2D eigenvalue weighted by Gasteiger charge is -2.30. The number of rotatable bonds is 8. The number of sulfone groups is 1. The summed E-state index contributed by atoms with van der Waals surface area (Å²) in [5, 5.41) is 0.557. The fourth-order valence-electron chi connectivity index (χ4n) is 3.72. The number of thiazole rings is 1. The van der Waals surface area contributed by atoms with Gasteiger partial charge in [-0.15, -0.1) is 0 Å². The predicted octanol–water partition coefficient (Wildman–Crippen LogP) is 2.49. The summed E-state index contributed by atoms with van der Waals surface area (Å²) in [6, 6.07) is 5.35. The molecule has 1 saturated heterocycles. The smallest absolute Gasteiger partial charge is 0.263 e. The van der Waals surface area contributed by atoms with Crippen LogP contribution in [0.25, 0.3) is 10.2 Å². The van der Waals surface area contributed by atoms with Crippen LogP contribution < -0.4 is 4.80 Å². The van der Waals surface area contributed by atoms with Crippen molar-refractivity contribution in [2.75, 3.05) is 37.8 Å². The largest absolute Gasteiger partial charge is 0.380 e. The van der Waals surface area contributed by atoms with Crippen LogP contribution in [0.15, 0.2) is 23.2 Å². The average molecular weight is 502 g/mol. The van der Waals surface area contributed by atoms with E-state index < -0.39 is 33.2 Å². The molecule has 176 valence electrons. The number of carbonyl (C=O) groups is 2. The molecule has 11 heteroatoms. The number of nitrogens with zero attached hydrogens (tertiary/aromatic N) is 3. The molecule has 1 unspecified atom stereocenters. The maximum Gasteiger partial charge on any atom is 0.263 e. The standard InChI is InChI=1S/C21H28ClN3O5S2/c1-3-30-10-9-25-17-7-6-16(22)11-18(17)31-21(25)23-19(26)13-32(28,29)14-20(27)24-8-4-5-15(2)12-24/h6-7,11,15H,3-5,8-10,12-14H2,1-2H3. The fourth-order valence-corrected chi connectivity index (χ4v) is 6.17. The Kier molecular flexibility index (Phi) is 8.49. The second-order valence-corrected chi connectivity index (χ2v) is 11.5. The number of hydrogen-bond donors (Lipinski definition) is 0.